The average molecular weight is 296 g/mol. The number of rotatable bonds is 7. The molecule has 7 nitrogen and oxygen atoms in total. The fourth-order valence-corrected chi connectivity index (χ4v) is 2.32. The molecule has 8 heteroatoms. The lowest BCUT2D eigenvalue weighted by atomic mass is 10.3. The molecular formula is C12H16N4O3S. The molecule has 0 aliphatic heterocycles. The van der Waals surface area contributed by atoms with Gasteiger partial charge in [0.25, 0.3) is 0 Å². The van der Waals surface area contributed by atoms with Crippen LogP contribution in [0, 0.1) is 0 Å². The molecule has 0 unspecified atom stereocenters. The third kappa shape index (κ3) is 4.56. The molecule has 4 N–H and O–H groups in total. The van der Waals surface area contributed by atoms with E-state index in [0.717, 1.165) is 0 Å². The Bertz CT molecular complexity index is 640. The highest BCUT2D eigenvalue weighted by molar-refractivity contribution is 7.89. The molecule has 1 aromatic carbocycles. The zero-order valence-electron chi connectivity index (χ0n) is 10.7. The summed E-state index contributed by atoms with van der Waals surface area (Å²) in [4.78, 5) is 6.74. The molecule has 1 heterocycles. The first-order chi connectivity index (χ1) is 9.55. The molecule has 0 aliphatic rings. The molecule has 2 aromatic rings. The van der Waals surface area contributed by atoms with Gasteiger partial charge in [0.2, 0.25) is 10.0 Å². The van der Waals surface area contributed by atoms with Crippen molar-refractivity contribution in [3.05, 3.63) is 42.5 Å². The summed E-state index contributed by atoms with van der Waals surface area (Å²) < 4.78 is 31.2. The Morgan fingerprint density at radius 3 is 2.95 bits per heavy atom. The minimum atomic E-state index is -3.40. The molecule has 20 heavy (non-hydrogen) atoms. The van der Waals surface area contributed by atoms with Crippen LogP contribution < -0.4 is 15.2 Å². The van der Waals surface area contributed by atoms with Crippen LogP contribution in [0.3, 0.4) is 0 Å². The van der Waals surface area contributed by atoms with Crippen LogP contribution in [-0.2, 0) is 16.6 Å². The second-order valence-electron chi connectivity index (χ2n) is 4.10. The normalized spacial score (nSPS) is 11.4. The van der Waals surface area contributed by atoms with E-state index in [9.17, 15) is 8.42 Å². The van der Waals surface area contributed by atoms with Crippen LogP contribution in [0.5, 0.6) is 5.75 Å². The lowest BCUT2D eigenvalue weighted by Gasteiger charge is -2.08. The highest BCUT2D eigenvalue weighted by atomic mass is 32.2. The van der Waals surface area contributed by atoms with E-state index in [2.05, 4.69) is 14.7 Å². The minimum absolute atomic E-state index is 0.0525. The van der Waals surface area contributed by atoms with Crippen LogP contribution in [0.4, 0.5) is 5.69 Å². The summed E-state index contributed by atoms with van der Waals surface area (Å²) >= 11 is 0. The van der Waals surface area contributed by atoms with Crippen LogP contribution in [0.25, 0.3) is 0 Å². The van der Waals surface area contributed by atoms with Crippen molar-refractivity contribution in [2.75, 3.05) is 18.1 Å². The Kier molecular flexibility index (Phi) is 4.59. The number of hydrogen-bond acceptors (Lipinski definition) is 5. The van der Waals surface area contributed by atoms with Crippen molar-refractivity contribution in [2.45, 2.75) is 6.54 Å². The number of H-pyrrole nitrogens is 1. The summed E-state index contributed by atoms with van der Waals surface area (Å²) in [7, 11) is -3.40. The van der Waals surface area contributed by atoms with Gasteiger partial charge >= 0.3 is 0 Å². The smallest absolute Gasteiger partial charge is 0.215 e. The monoisotopic (exact) mass is 296 g/mol. The fourth-order valence-electron chi connectivity index (χ4n) is 1.52. The Balaban J connectivity index is 1.77. The lowest BCUT2D eigenvalue weighted by molar-refractivity contribution is 0.340. The summed E-state index contributed by atoms with van der Waals surface area (Å²) in [5.74, 6) is 0.972. The molecule has 0 bridgehead atoms. The van der Waals surface area contributed by atoms with Gasteiger partial charge in [-0.3, -0.25) is 0 Å². The van der Waals surface area contributed by atoms with E-state index < -0.39 is 10.0 Å². The number of ether oxygens (including phenoxy) is 1. The number of aromatic amines is 1. The third-order valence-corrected chi connectivity index (χ3v) is 3.78. The molecule has 0 spiro atoms. The van der Waals surface area contributed by atoms with Gasteiger partial charge in [0.05, 0.1) is 12.3 Å². The SMILES string of the molecule is Nc1cccc(OCCS(=O)(=O)NCc2ncc[nH]2)c1. The maximum atomic E-state index is 11.7. The number of benzene rings is 1. The number of aromatic nitrogens is 2. The number of nitrogens with one attached hydrogen (secondary N) is 2. The maximum absolute atomic E-state index is 11.7. The highest BCUT2D eigenvalue weighted by Crippen LogP contribution is 2.14. The minimum Gasteiger partial charge on any atom is -0.492 e. The topological polar surface area (TPSA) is 110 Å². The second kappa shape index (κ2) is 6.40. The van der Waals surface area contributed by atoms with Gasteiger partial charge in [-0.2, -0.15) is 0 Å². The molecule has 0 aliphatic carbocycles. The lowest BCUT2D eigenvalue weighted by Crippen LogP contribution is -2.29. The first-order valence-corrected chi connectivity index (χ1v) is 7.64. The fraction of sp³-hybridized carbons (Fsp3) is 0.250. The van der Waals surface area contributed by atoms with Crippen molar-refractivity contribution >= 4 is 15.7 Å². The van der Waals surface area contributed by atoms with Gasteiger partial charge in [-0.25, -0.2) is 18.1 Å². The molecule has 0 amide bonds. The van der Waals surface area contributed by atoms with Crippen LogP contribution in [0.2, 0.25) is 0 Å². The first-order valence-electron chi connectivity index (χ1n) is 5.99. The quantitative estimate of drug-likeness (QED) is 0.644. The summed E-state index contributed by atoms with van der Waals surface area (Å²) in [6.45, 7) is 0.185. The van der Waals surface area contributed by atoms with Crippen molar-refractivity contribution in [2.24, 2.45) is 0 Å². The standard InChI is InChI=1S/C12H16N4O3S/c13-10-2-1-3-11(8-10)19-6-7-20(17,18)16-9-12-14-4-5-15-12/h1-5,8,16H,6-7,9,13H2,(H,14,15). The Morgan fingerprint density at radius 1 is 1.40 bits per heavy atom. The van der Waals surface area contributed by atoms with Crippen molar-refractivity contribution < 1.29 is 13.2 Å². The van der Waals surface area contributed by atoms with Crippen LogP contribution in [0.1, 0.15) is 5.82 Å². The van der Waals surface area contributed by atoms with E-state index in [4.69, 9.17) is 10.5 Å². The summed E-state index contributed by atoms with van der Waals surface area (Å²) in [5.41, 5.74) is 6.17. The van der Waals surface area contributed by atoms with E-state index in [1.54, 1.807) is 36.7 Å². The van der Waals surface area contributed by atoms with Crippen molar-refractivity contribution in [1.82, 2.24) is 14.7 Å². The summed E-state index contributed by atoms with van der Waals surface area (Å²) in [6, 6.07) is 6.84. The van der Waals surface area contributed by atoms with E-state index in [0.29, 0.717) is 17.3 Å². The molecular weight excluding hydrogens is 280 g/mol. The number of nitrogen functional groups attached to an aromatic ring is 1. The van der Waals surface area contributed by atoms with E-state index in [1.165, 1.54) is 0 Å². The number of imidazole rings is 1. The number of nitrogens with zero attached hydrogens (tertiary/aromatic N) is 1. The highest BCUT2D eigenvalue weighted by Gasteiger charge is 2.11. The number of anilines is 1. The largest absolute Gasteiger partial charge is 0.492 e. The van der Waals surface area contributed by atoms with Gasteiger partial charge < -0.3 is 15.5 Å². The maximum Gasteiger partial charge on any atom is 0.215 e. The Labute approximate surface area is 117 Å². The van der Waals surface area contributed by atoms with Crippen molar-refractivity contribution in [1.29, 1.82) is 0 Å². The van der Waals surface area contributed by atoms with E-state index in [-0.39, 0.29) is 18.9 Å². The molecule has 0 saturated heterocycles. The van der Waals surface area contributed by atoms with Crippen molar-refractivity contribution in [3.63, 3.8) is 0 Å². The third-order valence-electron chi connectivity index (χ3n) is 2.49. The van der Waals surface area contributed by atoms with Crippen molar-refractivity contribution in [3.8, 4) is 5.75 Å². The summed E-state index contributed by atoms with van der Waals surface area (Å²) in [5, 5.41) is 0. The summed E-state index contributed by atoms with van der Waals surface area (Å²) in [6.07, 6.45) is 3.19. The number of hydrogen-bond donors (Lipinski definition) is 3. The zero-order chi connectivity index (χ0) is 14.4. The van der Waals surface area contributed by atoms with Gasteiger partial charge in [0, 0.05) is 24.1 Å². The predicted octanol–water partition coefficient (Wildman–Crippen LogP) is 0.490. The first kappa shape index (κ1) is 14.4. The van der Waals surface area contributed by atoms with E-state index >= 15 is 0 Å². The molecule has 1 aromatic heterocycles. The van der Waals surface area contributed by atoms with Crippen LogP contribution in [-0.4, -0.2) is 30.7 Å². The molecule has 0 saturated carbocycles. The number of sulfonamides is 1. The molecule has 0 atom stereocenters. The number of nitrogens with two attached hydrogens (primary N) is 1. The second-order valence-corrected chi connectivity index (χ2v) is 6.02. The van der Waals surface area contributed by atoms with Gasteiger partial charge in [-0.05, 0) is 12.1 Å². The van der Waals surface area contributed by atoms with Gasteiger partial charge in [0.1, 0.15) is 18.2 Å². The molecule has 0 radical (unpaired) electrons. The predicted molar refractivity (Wildman–Crippen MR) is 75.6 cm³/mol. The van der Waals surface area contributed by atoms with Gasteiger partial charge in [-0.15, -0.1) is 0 Å². The van der Waals surface area contributed by atoms with Gasteiger partial charge in [-0.1, -0.05) is 6.07 Å². The van der Waals surface area contributed by atoms with Gasteiger partial charge in [0.15, 0.2) is 0 Å². The van der Waals surface area contributed by atoms with Crippen LogP contribution >= 0.6 is 0 Å². The molecule has 2 rings (SSSR count). The molecule has 0 fully saturated rings. The molecule has 108 valence electrons. The Morgan fingerprint density at radius 2 is 2.25 bits per heavy atom. The Hall–Kier alpha value is -2.06. The zero-order valence-corrected chi connectivity index (χ0v) is 11.6. The van der Waals surface area contributed by atoms with E-state index in [1.807, 2.05) is 0 Å². The average Bonchev–Trinajstić information content (AvgIpc) is 2.89. The van der Waals surface area contributed by atoms with Crippen LogP contribution in [0.15, 0.2) is 36.7 Å².